The third-order valence-electron chi connectivity index (χ3n) is 6.12. The second kappa shape index (κ2) is 6.25. The number of carbonyl (C=O) groups is 1. The van der Waals surface area contributed by atoms with Gasteiger partial charge in [-0.3, -0.25) is 9.59 Å². The van der Waals surface area contributed by atoms with E-state index in [-0.39, 0.29) is 16.6 Å². The van der Waals surface area contributed by atoms with Gasteiger partial charge in [-0.15, -0.1) is 0 Å². The first-order chi connectivity index (χ1) is 12.9. The van der Waals surface area contributed by atoms with Crippen LogP contribution in [0, 0.1) is 5.82 Å². The highest BCUT2D eigenvalue weighted by atomic mass is 19.1. The van der Waals surface area contributed by atoms with E-state index in [1.165, 1.54) is 19.5 Å². The van der Waals surface area contributed by atoms with Crippen LogP contribution >= 0.6 is 0 Å². The van der Waals surface area contributed by atoms with Gasteiger partial charge in [0.25, 0.3) is 5.91 Å². The van der Waals surface area contributed by atoms with E-state index in [0.29, 0.717) is 23.4 Å². The number of hydrogen-bond acceptors (Lipinski definition) is 4. The van der Waals surface area contributed by atoms with E-state index >= 15 is 4.39 Å². The van der Waals surface area contributed by atoms with Gasteiger partial charge in [0.2, 0.25) is 5.43 Å². The molecule has 1 aliphatic carbocycles. The minimum Gasteiger partial charge on any atom is -0.359 e. The molecule has 1 aliphatic heterocycles. The van der Waals surface area contributed by atoms with Gasteiger partial charge < -0.3 is 20.1 Å². The molecule has 2 heterocycles. The van der Waals surface area contributed by atoms with Crippen LogP contribution in [-0.2, 0) is 6.54 Å². The van der Waals surface area contributed by atoms with Crippen LogP contribution < -0.4 is 21.0 Å². The normalized spacial score (nSPS) is 17.9. The Morgan fingerprint density at radius 2 is 2.04 bits per heavy atom. The van der Waals surface area contributed by atoms with Crippen LogP contribution in [0.1, 0.15) is 49.4 Å². The summed E-state index contributed by atoms with van der Waals surface area (Å²) in [7, 11) is 3.40. The minimum absolute atomic E-state index is 0.0323. The zero-order valence-electron chi connectivity index (χ0n) is 16.0. The van der Waals surface area contributed by atoms with E-state index in [1.54, 1.807) is 6.20 Å². The molecule has 4 rings (SSSR count). The molecule has 0 saturated heterocycles. The summed E-state index contributed by atoms with van der Waals surface area (Å²) in [5.74, 6) is -0.886. The Morgan fingerprint density at radius 1 is 1.33 bits per heavy atom. The Balaban J connectivity index is 2.02. The van der Waals surface area contributed by atoms with Crippen LogP contribution in [0.3, 0.4) is 0 Å². The number of carbonyl (C=O) groups excluding carboxylic acids is 1. The molecule has 0 atom stereocenters. The number of aryl methyl sites for hydroxylation is 1. The first kappa shape index (κ1) is 17.8. The molecule has 2 aliphatic rings. The van der Waals surface area contributed by atoms with Gasteiger partial charge in [-0.05, 0) is 38.7 Å². The maximum absolute atomic E-state index is 15.1. The van der Waals surface area contributed by atoms with Gasteiger partial charge in [0.15, 0.2) is 0 Å². The molecule has 1 spiro atoms. The maximum Gasteiger partial charge on any atom is 0.256 e. The highest BCUT2D eigenvalue weighted by Gasteiger charge is 2.44. The summed E-state index contributed by atoms with van der Waals surface area (Å²) in [5.41, 5.74) is 1.13. The van der Waals surface area contributed by atoms with Gasteiger partial charge in [0, 0.05) is 26.8 Å². The zero-order chi connectivity index (χ0) is 19.3. The first-order valence-corrected chi connectivity index (χ1v) is 9.57. The number of amides is 1. The van der Waals surface area contributed by atoms with E-state index < -0.39 is 17.2 Å². The average molecular weight is 372 g/mol. The molecule has 1 aromatic heterocycles. The van der Waals surface area contributed by atoms with Gasteiger partial charge in [-0.2, -0.15) is 0 Å². The van der Waals surface area contributed by atoms with Crippen molar-refractivity contribution in [3.8, 4) is 0 Å². The van der Waals surface area contributed by atoms with Crippen LogP contribution in [0.4, 0.5) is 15.8 Å². The summed E-state index contributed by atoms with van der Waals surface area (Å²) in [4.78, 5) is 27.0. The predicted molar refractivity (Wildman–Crippen MR) is 105 cm³/mol. The van der Waals surface area contributed by atoms with E-state index in [1.807, 2.05) is 23.4 Å². The Hall–Kier alpha value is -2.57. The van der Waals surface area contributed by atoms with Crippen molar-refractivity contribution in [2.45, 2.75) is 51.2 Å². The molecule has 2 aromatic rings. The molecule has 1 amide bonds. The zero-order valence-corrected chi connectivity index (χ0v) is 16.0. The first-order valence-electron chi connectivity index (χ1n) is 9.57. The number of halogens is 1. The monoisotopic (exact) mass is 372 g/mol. The number of aromatic nitrogens is 1. The molecule has 0 unspecified atom stereocenters. The highest BCUT2D eigenvalue weighted by molar-refractivity contribution is 6.04. The number of benzene rings is 1. The van der Waals surface area contributed by atoms with Crippen molar-refractivity contribution in [1.29, 1.82) is 0 Å². The fourth-order valence-electron chi connectivity index (χ4n) is 4.64. The van der Waals surface area contributed by atoms with Crippen molar-refractivity contribution >= 4 is 28.2 Å². The Kier molecular flexibility index (Phi) is 4.13. The van der Waals surface area contributed by atoms with Crippen molar-refractivity contribution in [3.63, 3.8) is 0 Å². The molecule has 144 valence electrons. The summed E-state index contributed by atoms with van der Waals surface area (Å²) >= 11 is 0. The Bertz CT molecular complexity index is 992. The Labute approximate surface area is 157 Å². The van der Waals surface area contributed by atoms with E-state index in [2.05, 4.69) is 10.6 Å². The SMILES string of the molecule is CCn1cc(C(=O)NC)c(=O)c2cc(F)c3c(c21)NC1(CCCCC1)N3C. The Morgan fingerprint density at radius 3 is 2.67 bits per heavy atom. The summed E-state index contributed by atoms with van der Waals surface area (Å²) in [6, 6.07) is 1.29. The van der Waals surface area contributed by atoms with Gasteiger partial charge in [0.05, 0.1) is 16.6 Å². The van der Waals surface area contributed by atoms with Crippen molar-refractivity contribution in [2.24, 2.45) is 0 Å². The maximum atomic E-state index is 15.1. The number of anilines is 2. The van der Waals surface area contributed by atoms with Crippen molar-refractivity contribution in [3.05, 3.63) is 33.9 Å². The van der Waals surface area contributed by atoms with Crippen molar-refractivity contribution in [1.82, 2.24) is 9.88 Å². The summed E-state index contributed by atoms with van der Waals surface area (Å²) in [6.45, 7) is 2.51. The number of hydrogen-bond donors (Lipinski definition) is 2. The number of pyridine rings is 1. The van der Waals surface area contributed by atoms with Crippen LogP contribution in [0.2, 0.25) is 0 Å². The summed E-state index contributed by atoms with van der Waals surface area (Å²) < 4.78 is 17.0. The quantitative estimate of drug-likeness (QED) is 0.850. The fourth-order valence-corrected chi connectivity index (χ4v) is 4.64. The van der Waals surface area contributed by atoms with E-state index in [4.69, 9.17) is 0 Å². The predicted octanol–water partition coefficient (Wildman–Crippen LogP) is 3.04. The molecule has 1 saturated carbocycles. The minimum atomic E-state index is -0.459. The van der Waals surface area contributed by atoms with Crippen molar-refractivity contribution < 1.29 is 9.18 Å². The third-order valence-corrected chi connectivity index (χ3v) is 6.12. The smallest absolute Gasteiger partial charge is 0.256 e. The second-order valence-corrected chi connectivity index (χ2v) is 7.49. The molecule has 1 aromatic carbocycles. The molecule has 0 bridgehead atoms. The van der Waals surface area contributed by atoms with Gasteiger partial charge in [0.1, 0.15) is 22.7 Å². The van der Waals surface area contributed by atoms with Crippen LogP contribution in [0.5, 0.6) is 0 Å². The molecular weight excluding hydrogens is 347 g/mol. The number of nitrogens with zero attached hydrogens (tertiary/aromatic N) is 2. The van der Waals surface area contributed by atoms with Gasteiger partial charge in [-0.25, -0.2) is 4.39 Å². The summed E-state index contributed by atoms with van der Waals surface area (Å²) in [6.07, 6.45) is 6.82. The number of nitrogens with one attached hydrogen (secondary N) is 2. The molecule has 1 fully saturated rings. The molecule has 27 heavy (non-hydrogen) atoms. The van der Waals surface area contributed by atoms with Crippen molar-refractivity contribution in [2.75, 3.05) is 24.3 Å². The highest BCUT2D eigenvalue weighted by Crippen LogP contribution is 2.49. The van der Waals surface area contributed by atoms with Crippen LogP contribution in [-0.4, -0.2) is 30.2 Å². The lowest BCUT2D eigenvalue weighted by atomic mass is 9.88. The van der Waals surface area contributed by atoms with E-state index in [9.17, 15) is 9.59 Å². The largest absolute Gasteiger partial charge is 0.359 e. The average Bonchev–Trinajstić information content (AvgIpc) is 2.95. The van der Waals surface area contributed by atoms with Gasteiger partial charge in [-0.1, -0.05) is 6.42 Å². The van der Waals surface area contributed by atoms with Crippen LogP contribution in [0.25, 0.3) is 10.9 Å². The van der Waals surface area contributed by atoms with Crippen LogP contribution in [0.15, 0.2) is 17.1 Å². The lowest BCUT2D eigenvalue weighted by Crippen LogP contribution is -2.50. The second-order valence-electron chi connectivity index (χ2n) is 7.49. The molecule has 2 N–H and O–H groups in total. The van der Waals surface area contributed by atoms with E-state index in [0.717, 1.165) is 25.7 Å². The third kappa shape index (κ3) is 2.44. The lowest BCUT2D eigenvalue weighted by molar-refractivity contribution is 0.0961. The molecule has 6 nitrogen and oxygen atoms in total. The number of rotatable bonds is 2. The molecule has 7 heteroatoms. The molecular formula is C20H25FN4O2. The number of fused-ring (bicyclic) bond motifs is 3. The summed E-state index contributed by atoms with van der Waals surface area (Å²) in [5, 5.41) is 6.30. The molecule has 0 radical (unpaired) electrons. The standard InChI is InChI=1S/C20H25FN4O2/c1-4-25-11-13(19(27)22-2)18(26)12-10-14(21)17-15(16(12)25)23-20(24(17)3)8-6-5-7-9-20/h10-11,23H,4-9H2,1-3H3,(H,22,27). The van der Waals surface area contributed by atoms with Gasteiger partial charge >= 0.3 is 0 Å². The fraction of sp³-hybridized carbons (Fsp3) is 0.500. The lowest BCUT2D eigenvalue weighted by Gasteiger charge is -2.40. The topological polar surface area (TPSA) is 66.4 Å².